The number of nitrogens with zero attached hydrogens (tertiary/aromatic N) is 5. The van der Waals surface area contributed by atoms with Crippen molar-refractivity contribution in [2.45, 2.75) is 101 Å². The maximum absolute atomic E-state index is 12.1. The third-order valence-corrected chi connectivity index (χ3v) is 14.5. The van der Waals surface area contributed by atoms with Crippen LogP contribution < -0.4 is 14.2 Å². The Hall–Kier alpha value is -6.93. The van der Waals surface area contributed by atoms with E-state index in [1.807, 2.05) is 65.8 Å². The number of hydrogen-bond acceptors (Lipinski definition) is 18. The van der Waals surface area contributed by atoms with Gasteiger partial charge in [-0.2, -0.15) is 0 Å². The van der Waals surface area contributed by atoms with Crippen LogP contribution in [-0.4, -0.2) is 205 Å². The Morgan fingerprint density at radius 1 is 0.424 bits per heavy atom. The number of aryl methyl sites for hydroxylation is 4. The molecule has 3 saturated heterocycles. The lowest BCUT2D eigenvalue weighted by molar-refractivity contribution is 0.0136. The van der Waals surface area contributed by atoms with E-state index < -0.39 is 11.6 Å². The molecule has 3 heterocycles. The van der Waals surface area contributed by atoms with Gasteiger partial charge in [-0.25, -0.2) is 24.0 Å². The van der Waals surface area contributed by atoms with Crippen LogP contribution in [0.25, 0.3) is 0 Å². The van der Waals surface area contributed by atoms with Crippen molar-refractivity contribution >= 4 is 30.0 Å². The van der Waals surface area contributed by atoms with Crippen molar-refractivity contribution in [2.24, 2.45) is 5.41 Å². The van der Waals surface area contributed by atoms with Gasteiger partial charge in [0.05, 0.1) is 50.7 Å². The van der Waals surface area contributed by atoms with Crippen molar-refractivity contribution in [3.63, 3.8) is 0 Å². The number of piperazine rings is 2. The Morgan fingerprint density at radius 2 is 0.741 bits per heavy atom. The Balaban J connectivity index is 0.000000251. The van der Waals surface area contributed by atoms with Gasteiger partial charge in [0.15, 0.2) is 0 Å². The molecule has 470 valence electrons. The van der Waals surface area contributed by atoms with E-state index in [4.69, 9.17) is 38.3 Å². The minimum Gasteiger partial charge on any atom is -0.508 e. The number of carbonyl (C=O) groups is 5. The van der Waals surface area contributed by atoms with Gasteiger partial charge in [0.1, 0.15) is 48.4 Å². The van der Waals surface area contributed by atoms with Crippen LogP contribution in [0, 0.1) is 33.1 Å². The topological polar surface area (TPSA) is 196 Å². The molecule has 19 nitrogen and oxygen atoms in total. The number of esters is 4. The zero-order chi connectivity index (χ0) is 62.7. The lowest BCUT2D eigenvalue weighted by Crippen LogP contribution is -2.50. The van der Waals surface area contributed by atoms with Gasteiger partial charge in [0.25, 0.3) is 0 Å². The summed E-state index contributed by atoms with van der Waals surface area (Å²) in [6, 6.07) is 20.7. The molecule has 0 aliphatic carbocycles. The third-order valence-electron chi connectivity index (χ3n) is 14.5. The fourth-order valence-corrected chi connectivity index (χ4v) is 9.32. The SMILES string of the molecule is COC(=O)c1ccc(O)c(C)c1.COC(=O)c1ccc(OCCN2CCCCC2)c(C)c1.COC(=O)c1ccc(OCCN2CCN(C(=O)OC(C)(C)C)CC2)c(C)c1.COC(=O)c1ccc(OCCN2CCN(CCC(C)(C)C)CC2)c(C)c1. The predicted octanol–water partition coefficient (Wildman–Crippen LogP) is 10.1. The van der Waals surface area contributed by atoms with Crippen LogP contribution in [0.15, 0.2) is 72.8 Å². The normalized spacial score (nSPS) is 15.0. The molecule has 3 fully saturated rings. The van der Waals surface area contributed by atoms with Crippen LogP contribution in [0.3, 0.4) is 0 Å². The number of phenols is 1. The number of amides is 1. The first kappa shape index (κ1) is 70.6. The van der Waals surface area contributed by atoms with Gasteiger partial charge >= 0.3 is 30.0 Å². The Morgan fingerprint density at radius 3 is 1.06 bits per heavy atom. The van der Waals surface area contributed by atoms with Crippen molar-refractivity contribution in [2.75, 3.05) is 140 Å². The zero-order valence-electron chi connectivity index (χ0n) is 53.3. The summed E-state index contributed by atoms with van der Waals surface area (Å²) >= 11 is 0. The van der Waals surface area contributed by atoms with Crippen LogP contribution in [-0.2, 0) is 23.7 Å². The largest absolute Gasteiger partial charge is 0.508 e. The summed E-state index contributed by atoms with van der Waals surface area (Å²) in [6.45, 7) is 35.6. The van der Waals surface area contributed by atoms with Crippen LogP contribution in [0.4, 0.5) is 4.79 Å². The molecule has 0 bridgehead atoms. The Labute approximate surface area is 505 Å². The average Bonchev–Trinajstić information content (AvgIpc) is 3.66. The van der Waals surface area contributed by atoms with Gasteiger partial charge in [-0.1, -0.05) is 27.2 Å². The maximum atomic E-state index is 12.1. The van der Waals surface area contributed by atoms with Crippen molar-refractivity contribution in [3.05, 3.63) is 117 Å². The van der Waals surface area contributed by atoms with E-state index in [2.05, 4.69) is 45.1 Å². The molecule has 4 aromatic carbocycles. The second kappa shape index (κ2) is 35.5. The highest BCUT2D eigenvalue weighted by Crippen LogP contribution is 2.24. The number of aromatic hydroxyl groups is 1. The summed E-state index contributed by atoms with van der Waals surface area (Å²) in [5.41, 5.74) is 5.51. The number of methoxy groups -OCH3 is 4. The first-order valence-electron chi connectivity index (χ1n) is 29.5. The number of benzene rings is 4. The van der Waals surface area contributed by atoms with Crippen LogP contribution in [0.1, 0.15) is 131 Å². The van der Waals surface area contributed by atoms with Crippen molar-refractivity contribution in [1.82, 2.24) is 24.5 Å². The first-order valence-corrected chi connectivity index (χ1v) is 29.5. The number of rotatable bonds is 18. The highest BCUT2D eigenvalue weighted by molar-refractivity contribution is 5.91. The van der Waals surface area contributed by atoms with Crippen molar-refractivity contribution < 1.29 is 67.0 Å². The highest BCUT2D eigenvalue weighted by atomic mass is 16.6. The van der Waals surface area contributed by atoms with Crippen LogP contribution >= 0.6 is 0 Å². The van der Waals surface area contributed by atoms with E-state index in [-0.39, 0.29) is 29.8 Å². The van der Waals surface area contributed by atoms with E-state index in [1.165, 1.54) is 85.9 Å². The summed E-state index contributed by atoms with van der Waals surface area (Å²) in [6.07, 6.45) is 4.95. The molecule has 3 aliphatic rings. The molecule has 0 saturated carbocycles. The summed E-state index contributed by atoms with van der Waals surface area (Å²) < 4.78 is 41.7. The molecule has 7 rings (SSSR count). The smallest absolute Gasteiger partial charge is 0.410 e. The molecule has 3 aliphatic heterocycles. The fourth-order valence-electron chi connectivity index (χ4n) is 9.32. The summed E-state index contributed by atoms with van der Waals surface area (Å²) in [7, 11) is 5.47. The van der Waals surface area contributed by atoms with Gasteiger partial charge in [-0.3, -0.25) is 14.7 Å². The highest BCUT2D eigenvalue weighted by Gasteiger charge is 2.26. The Kier molecular flexibility index (Phi) is 29.5. The summed E-state index contributed by atoms with van der Waals surface area (Å²) in [5, 5.41) is 9.15. The molecule has 19 heteroatoms. The van der Waals surface area contributed by atoms with E-state index in [9.17, 15) is 24.0 Å². The zero-order valence-corrected chi connectivity index (χ0v) is 53.3. The van der Waals surface area contributed by atoms with Crippen LogP contribution in [0.2, 0.25) is 0 Å². The fraction of sp³-hybridized carbons (Fsp3) is 0.561. The quantitative estimate of drug-likeness (QED) is 0.0729. The van der Waals surface area contributed by atoms with Crippen molar-refractivity contribution in [3.8, 4) is 23.0 Å². The molecule has 1 amide bonds. The summed E-state index contributed by atoms with van der Waals surface area (Å²) in [5.74, 6) is 1.25. The predicted molar refractivity (Wildman–Crippen MR) is 330 cm³/mol. The van der Waals surface area contributed by atoms with Gasteiger partial charge in [-0.05, 0) is 188 Å². The van der Waals surface area contributed by atoms with Gasteiger partial charge in [-0.15, -0.1) is 0 Å². The van der Waals surface area contributed by atoms with Gasteiger partial charge < -0.3 is 52.8 Å². The summed E-state index contributed by atoms with van der Waals surface area (Å²) in [4.78, 5) is 69.1. The molecule has 0 unspecified atom stereocenters. The van der Waals surface area contributed by atoms with E-state index in [0.29, 0.717) is 66.1 Å². The third kappa shape index (κ3) is 25.7. The molecular formula is C66H97N5O14. The van der Waals surface area contributed by atoms with E-state index >= 15 is 0 Å². The minimum atomic E-state index is -0.469. The van der Waals surface area contributed by atoms with Crippen LogP contribution in [0.5, 0.6) is 23.0 Å². The standard InChI is InChI=1S/C21H34N2O3.C20H30N2O5.C16H23NO3.C9H10O3/c1-17-16-18(20(24)25-5)6-7-19(17)26-15-14-23-12-10-22(11-13-23)9-8-21(2,3)4;1-15-14-16(18(23)25-5)6-7-17(15)26-13-12-21-8-10-22(11-9-21)19(24)27-20(2,3)4;1-13-12-14(16(18)19-2)6-7-15(13)20-11-10-17-8-4-3-5-9-17;1-6-5-7(9(11)12-2)3-4-8(6)10/h6-7,16H,8-15H2,1-5H3;6-7,14H,8-13H2,1-5H3;6-7,12H,3-5,8-11H2,1-2H3;3-5,10H,1-2H3. The van der Waals surface area contributed by atoms with E-state index in [0.717, 1.165) is 92.8 Å². The lowest BCUT2D eigenvalue weighted by atomic mass is 9.92. The lowest BCUT2D eigenvalue weighted by Gasteiger charge is -2.35. The molecule has 0 spiro atoms. The Bertz CT molecular complexity index is 2740. The average molecular weight is 1180 g/mol. The maximum Gasteiger partial charge on any atom is 0.410 e. The molecule has 85 heavy (non-hydrogen) atoms. The molecule has 4 aromatic rings. The molecule has 0 radical (unpaired) electrons. The molecular weight excluding hydrogens is 1090 g/mol. The second-order valence-corrected chi connectivity index (χ2v) is 23.7. The van der Waals surface area contributed by atoms with Gasteiger partial charge in [0.2, 0.25) is 0 Å². The number of hydrogen-bond donors (Lipinski definition) is 1. The molecule has 0 aromatic heterocycles. The minimum absolute atomic E-state index is 0.183. The number of piperidine rings is 1. The number of carbonyl (C=O) groups excluding carboxylic acids is 5. The molecule has 0 atom stereocenters. The van der Waals surface area contributed by atoms with Crippen molar-refractivity contribution in [1.29, 1.82) is 0 Å². The number of likely N-dealkylation sites (tertiary alicyclic amines) is 1. The second-order valence-electron chi connectivity index (χ2n) is 23.7. The van der Waals surface area contributed by atoms with Gasteiger partial charge in [0, 0.05) is 72.0 Å². The monoisotopic (exact) mass is 1180 g/mol. The number of ether oxygens (including phenoxy) is 8. The number of phenolic OH excluding ortho intramolecular Hbond substituents is 1. The van der Waals surface area contributed by atoms with E-state index in [1.54, 1.807) is 48.2 Å². The molecule has 1 N–H and O–H groups in total. The first-order chi connectivity index (χ1) is 40.3.